The molecular formula is C33H42Cl2SiZr. The largest absolute Gasteiger partial charge is 1.00 e. The van der Waals surface area contributed by atoms with Gasteiger partial charge in [-0.1, -0.05) is 0 Å². The van der Waals surface area contributed by atoms with Gasteiger partial charge in [0.1, 0.15) is 0 Å². The Morgan fingerprint density at radius 1 is 0.838 bits per heavy atom. The molecular weight excluding hydrogens is 587 g/mol. The molecule has 3 aliphatic rings. The van der Waals surface area contributed by atoms with Gasteiger partial charge in [0.05, 0.1) is 0 Å². The Balaban J connectivity index is 0.00000190. The molecule has 0 heterocycles. The van der Waals surface area contributed by atoms with Crippen LogP contribution in [0.15, 0.2) is 74.1 Å². The summed E-state index contributed by atoms with van der Waals surface area (Å²) in [7, 11) is 0. The number of benzene rings is 2. The zero-order valence-corrected chi connectivity index (χ0v) is 28.4. The first-order chi connectivity index (χ1) is 16.9. The predicted octanol–water partition coefficient (Wildman–Crippen LogP) is 3.90. The molecule has 2 aromatic carbocycles. The zero-order valence-electron chi connectivity index (χ0n) is 23.4. The van der Waals surface area contributed by atoms with Crippen molar-refractivity contribution in [1.29, 1.82) is 0 Å². The van der Waals surface area contributed by atoms with Gasteiger partial charge in [0.25, 0.3) is 0 Å². The Bertz CT molecular complexity index is 1260. The standard InChI is InChI=1S/C22H23.C9H13.C2H6Si.2ClH.Zr/c1-3-8-17(9-4-1)14-18-15-20-12-7-13-21(22(20)16-18)19-10-5-2-6-11-19;1-6-5-7(2)9(4)8(6)3;1-3-2;;;/h2,5-7,10-13,15-17H,1,3-4,8-9,14H2;6H,1-4H3;1-2H3;2*1H;/q;;;;;+2/p-2. The maximum atomic E-state index is 2.70. The van der Waals surface area contributed by atoms with E-state index in [-0.39, 0.29) is 30.2 Å². The van der Waals surface area contributed by atoms with Crippen LogP contribution < -0.4 is 24.8 Å². The quantitative estimate of drug-likeness (QED) is 0.441. The van der Waals surface area contributed by atoms with Gasteiger partial charge < -0.3 is 24.8 Å². The first-order valence-corrected chi connectivity index (χ1v) is 22.7. The van der Waals surface area contributed by atoms with Gasteiger partial charge in [0.15, 0.2) is 0 Å². The van der Waals surface area contributed by atoms with E-state index in [0.717, 1.165) is 9.54 Å². The molecule has 5 rings (SSSR count). The second-order valence-corrected chi connectivity index (χ2v) is 28.9. The molecule has 0 amide bonds. The number of halogens is 2. The van der Waals surface area contributed by atoms with E-state index in [4.69, 9.17) is 0 Å². The van der Waals surface area contributed by atoms with Gasteiger partial charge in [-0.25, -0.2) is 0 Å². The SMILES string of the molecule is CC1=C(C)C(C)[C]([Zr+2]([CH]2C(CC3CCCCC3)=Cc3c(-c4ccccc4)cccc32)=[Si](C)C)=C1C.[Cl-].[Cl-]. The van der Waals surface area contributed by atoms with E-state index in [0.29, 0.717) is 5.92 Å². The molecule has 2 atom stereocenters. The molecule has 2 aromatic rings. The summed E-state index contributed by atoms with van der Waals surface area (Å²) < 4.78 is 2.70. The number of hydrogen-bond donors (Lipinski definition) is 0. The molecule has 37 heavy (non-hydrogen) atoms. The molecule has 0 aromatic heterocycles. The van der Waals surface area contributed by atoms with E-state index in [1.54, 1.807) is 27.8 Å². The molecule has 0 N–H and O–H groups in total. The molecule has 0 saturated heterocycles. The topological polar surface area (TPSA) is 0 Å². The molecule has 196 valence electrons. The number of hydrogen-bond acceptors (Lipinski definition) is 0. The zero-order chi connectivity index (χ0) is 24.7. The summed E-state index contributed by atoms with van der Waals surface area (Å²) in [5, 5.41) is 0. The van der Waals surface area contributed by atoms with Crippen LogP contribution in [0.25, 0.3) is 17.2 Å². The third-order valence-corrected chi connectivity index (χ3v) is 28.1. The summed E-state index contributed by atoms with van der Waals surface area (Å²) in [6.45, 7) is 15.1. The smallest absolute Gasteiger partial charge is 1.00 e. The number of allylic oxidation sites excluding steroid dienone is 5. The fourth-order valence-corrected chi connectivity index (χ4v) is 27.5. The summed E-state index contributed by atoms with van der Waals surface area (Å²) in [6, 6.07) is 18.4. The fourth-order valence-electron chi connectivity index (χ4n) is 7.09. The van der Waals surface area contributed by atoms with Crippen LogP contribution in [0.5, 0.6) is 0 Å². The van der Waals surface area contributed by atoms with Crippen molar-refractivity contribution in [2.75, 3.05) is 0 Å². The molecule has 0 radical (unpaired) electrons. The maximum absolute atomic E-state index is 2.70. The van der Waals surface area contributed by atoms with Crippen molar-refractivity contribution in [2.45, 2.75) is 82.9 Å². The van der Waals surface area contributed by atoms with E-state index >= 15 is 0 Å². The van der Waals surface area contributed by atoms with Crippen LogP contribution in [0.1, 0.15) is 81.0 Å². The molecule has 4 heteroatoms. The second-order valence-electron chi connectivity index (χ2n) is 11.5. The van der Waals surface area contributed by atoms with E-state index in [9.17, 15) is 0 Å². The molecule has 0 aliphatic heterocycles. The predicted molar refractivity (Wildman–Crippen MR) is 152 cm³/mol. The Kier molecular flexibility index (Phi) is 11.0. The average Bonchev–Trinajstić information content (AvgIpc) is 3.31. The van der Waals surface area contributed by atoms with Crippen LogP contribution in [-0.4, -0.2) is 5.43 Å². The van der Waals surface area contributed by atoms with E-state index < -0.39 is 20.4 Å². The van der Waals surface area contributed by atoms with Crippen molar-refractivity contribution in [2.24, 2.45) is 11.8 Å². The number of fused-ring (bicyclic) bond motifs is 1. The molecule has 0 nitrogen and oxygen atoms in total. The molecule has 0 bridgehead atoms. The van der Waals surface area contributed by atoms with Gasteiger partial charge in [0.2, 0.25) is 0 Å². The van der Waals surface area contributed by atoms with Gasteiger partial charge in [-0.2, -0.15) is 0 Å². The third-order valence-electron chi connectivity index (χ3n) is 9.24. The van der Waals surface area contributed by atoms with Crippen molar-refractivity contribution in [1.82, 2.24) is 0 Å². The summed E-state index contributed by atoms with van der Waals surface area (Å²) in [5.74, 6) is 1.57. The van der Waals surface area contributed by atoms with E-state index in [2.05, 4.69) is 95.4 Å². The minimum Gasteiger partial charge on any atom is -1.00 e. The van der Waals surface area contributed by atoms with Gasteiger partial charge in [-0.05, 0) is 0 Å². The van der Waals surface area contributed by atoms with Gasteiger partial charge >= 0.3 is 223 Å². The van der Waals surface area contributed by atoms with Crippen molar-refractivity contribution in [3.8, 4) is 11.1 Å². The number of rotatable bonds is 5. The van der Waals surface area contributed by atoms with Crippen molar-refractivity contribution >= 4 is 11.5 Å². The van der Waals surface area contributed by atoms with E-state index in [1.807, 2.05) is 8.85 Å². The summed E-state index contributed by atoms with van der Waals surface area (Å²) in [5.41, 5.74) is 12.5. The summed E-state index contributed by atoms with van der Waals surface area (Å²) in [4.78, 5) is 0. The van der Waals surface area contributed by atoms with Crippen LogP contribution in [0.3, 0.4) is 0 Å². The van der Waals surface area contributed by atoms with Crippen LogP contribution in [-0.2, 0) is 20.4 Å². The molecule has 1 saturated carbocycles. The van der Waals surface area contributed by atoms with Crippen LogP contribution in [0.2, 0.25) is 13.1 Å². The minimum atomic E-state index is -1.99. The van der Waals surface area contributed by atoms with Crippen LogP contribution in [0, 0.1) is 11.8 Å². The normalized spacial score (nSPS) is 21.1. The Labute approximate surface area is 246 Å². The minimum absolute atomic E-state index is 0. The molecule has 0 spiro atoms. The van der Waals surface area contributed by atoms with Gasteiger partial charge in [0, 0.05) is 0 Å². The maximum Gasteiger partial charge on any atom is -1.00 e. The summed E-state index contributed by atoms with van der Waals surface area (Å²) in [6.07, 6.45) is 11.3. The first-order valence-electron chi connectivity index (χ1n) is 13.8. The van der Waals surface area contributed by atoms with Gasteiger partial charge in [-0.3, -0.25) is 0 Å². The van der Waals surface area contributed by atoms with Crippen molar-refractivity contribution in [3.63, 3.8) is 0 Å². The summed E-state index contributed by atoms with van der Waals surface area (Å²) >= 11 is -1.99. The van der Waals surface area contributed by atoms with Crippen LogP contribution in [0.4, 0.5) is 0 Å². The monoisotopic (exact) mass is 626 g/mol. The average molecular weight is 629 g/mol. The van der Waals surface area contributed by atoms with Crippen molar-refractivity contribution in [3.05, 3.63) is 85.2 Å². The Morgan fingerprint density at radius 3 is 2.11 bits per heavy atom. The Morgan fingerprint density at radius 2 is 1.51 bits per heavy atom. The molecule has 2 unspecified atom stereocenters. The first kappa shape index (κ1) is 30.9. The fraction of sp³-hybridized carbons (Fsp3) is 0.455. The van der Waals surface area contributed by atoms with Crippen molar-refractivity contribution < 1.29 is 45.2 Å². The third kappa shape index (κ3) is 5.94. The second kappa shape index (κ2) is 13.1. The molecule has 3 aliphatic carbocycles. The molecule has 1 fully saturated rings. The van der Waals surface area contributed by atoms with Gasteiger partial charge in [-0.15, -0.1) is 0 Å². The van der Waals surface area contributed by atoms with E-state index in [1.165, 1.54) is 49.7 Å². The Hall–Kier alpha value is -0.660. The van der Waals surface area contributed by atoms with Crippen LogP contribution >= 0.6 is 0 Å².